The quantitative estimate of drug-likeness (QED) is 0.401. The summed E-state index contributed by atoms with van der Waals surface area (Å²) < 4.78 is 28.8. The summed E-state index contributed by atoms with van der Waals surface area (Å²) in [6.45, 7) is 4.15. The van der Waals surface area contributed by atoms with E-state index in [1.165, 1.54) is 0 Å². The van der Waals surface area contributed by atoms with Crippen molar-refractivity contribution in [1.29, 1.82) is 0 Å². The molecular formula is C13H24F2O2S. The number of carbonyl (C=O) groups is 1. The van der Waals surface area contributed by atoms with Crippen LogP contribution in [0.2, 0.25) is 0 Å². The number of hydrogen-bond donors (Lipinski definition) is 0. The molecule has 0 aromatic rings. The highest BCUT2D eigenvalue weighted by Crippen LogP contribution is 2.20. The average Bonchev–Trinajstić information content (AvgIpc) is 2.33. The molecule has 0 N–H and O–H groups in total. The van der Waals surface area contributed by atoms with E-state index < -0.39 is 6.43 Å². The largest absolute Gasteiger partial charge is 0.391 e. The molecule has 0 saturated heterocycles. The van der Waals surface area contributed by atoms with Crippen molar-refractivity contribution in [1.82, 2.24) is 0 Å². The lowest BCUT2D eigenvalue weighted by Crippen LogP contribution is -2.15. The van der Waals surface area contributed by atoms with Crippen LogP contribution in [0.15, 0.2) is 0 Å². The van der Waals surface area contributed by atoms with Crippen LogP contribution < -0.4 is 0 Å². The normalized spacial score (nSPS) is 12.7. The molecule has 0 fully saturated rings. The lowest BCUT2D eigenvalue weighted by Gasteiger charge is -2.13. The van der Waals surface area contributed by atoms with E-state index in [-0.39, 0.29) is 24.1 Å². The Kier molecular flexibility index (Phi) is 11.5. The van der Waals surface area contributed by atoms with Crippen LogP contribution in [0.4, 0.5) is 8.78 Å². The molecule has 0 radical (unpaired) electrons. The van der Waals surface area contributed by atoms with Gasteiger partial charge in [-0.05, 0) is 12.8 Å². The fourth-order valence-corrected chi connectivity index (χ4v) is 2.28. The lowest BCUT2D eigenvalue weighted by atomic mass is 9.97. The Morgan fingerprint density at radius 1 is 1.11 bits per heavy atom. The Balaban J connectivity index is 3.82. The zero-order chi connectivity index (χ0) is 13.8. The number of carbonyl (C=O) groups excluding carboxylic acids is 1. The second-order valence-electron chi connectivity index (χ2n) is 4.39. The molecule has 0 aromatic heterocycles. The molecule has 1 atom stereocenters. The van der Waals surface area contributed by atoms with Crippen LogP contribution in [-0.2, 0) is 8.98 Å². The predicted octanol–water partition coefficient (Wildman–Crippen LogP) is 4.83. The first-order chi connectivity index (χ1) is 8.61. The fraction of sp³-hybridized carbons (Fsp3) is 0.923. The van der Waals surface area contributed by atoms with E-state index in [1.807, 2.05) is 6.92 Å². The molecule has 2 nitrogen and oxygen atoms in total. The first-order valence-corrected chi connectivity index (χ1v) is 7.64. The molecule has 5 heteroatoms. The highest BCUT2D eigenvalue weighted by atomic mass is 32.2. The minimum atomic E-state index is -2.33. The minimum Gasteiger partial charge on any atom is -0.391 e. The molecular weight excluding hydrogens is 258 g/mol. The molecule has 0 aliphatic carbocycles. The van der Waals surface area contributed by atoms with Gasteiger partial charge >= 0.3 is 5.97 Å². The monoisotopic (exact) mass is 282 g/mol. The van der Waals surface area contributed by atoms with Gasteiger partial charge in [-0.25, -0.2) is 8.78 Å². The van der Waals surface area contributed by atoms with Gasteiger partial charge in [-0.1, -0.05) is 39.5 Å². The van der Waals surface area contributed by atoms with Gasteiger partial charge in [0, 0.05) is 12.2 Å². The van der Waals surface area contributed by atoms with Gasteiger partial charge in [0.25, 0.3) is 0 Å². The van der Waals surface area contributed by atoms with E-state index in [1.54, 1.807) is 0 Å². The summed E-state index contributed by atoms with van der Waals surface area (Å²) in [5.74, 6) is -0.148. The van der Waals surface area contributed by atoms with E-state index in [0.29, 0.717) is 0 Å². The highest BCUT2D eigenvalue weighted by molar-refractivity contribution is 7.95. The van der Waals surface area contributed by atoms with Crippen molar-refractivity contribution in [3.63, 3.8) is 0 Å². The maximum Gasteiger partial charge on any atom is 0.320 e. The number of rotatable bonds is 11. The third kappa shape index (κ3) is 9.68. The molecule has 0 bridgehead atoms. The van der Waals surface area contributed by atoms with Crippen molar-refractivity contribution in [2.24, 2.45) is 5.92 Å². The van der Waals surface area contributed by atoms with E-state index in [9.17, 15) is 13.6 Å². The summed E-state index contributed by atoms with van der Waals surface area (Å²) >= 11 is 0.854. The van der Waals surface area contributed by atoms with Crippen molar-refractivity contribution in [3.05, 3.63) is 0 Å². The van der Waals surface area contributed by atoms with Gasteiger partial charge in [-0.15, -0.1) is 0 Å². The summed E-state index contributed by atoms with van der Waals surface area (Å²) in [6, 6.07) is 0. The second kappa shape index (κ2) is 11.8. The molecule has 0 spiro atoms. The maximum atomic E-state index is 11.9. The van der Waals surface area contributed by atoms with Crippen LogP contribution in [0.3, 0.4) is 0 Å². The van der Waals surface area contributed by atoms with Crippen molar-refractivity contribution in [2.75, 3.05) is 5.75 Å². The van der Waals surface area contributed by atoms with E-state index in [2.05, 4.69) is 6.92 Å². The van der Waals surface area contributed by atoms with Crippen LogP contribution in [0.1, 0.15) is 58.8 Å². The molecule has 108 valence electrons. The Morgan fingerprint density at radius 2 is 1.83 bits per heavy atom. The molecule has 0 saturated carbocycles. The molecule has 0 aliphatic heterocycles. The van der Waals surface area contributed by atoms with Crippen LogP contribution >= 0.6 is 12.0 Å². The third-order valence-electron chi connectivity index (χ3n) is 2.69. The van der Waals surface area contributed by atoms with Gasteiger partial charge in [0.15, 0.2) is 0 Å². The summed E-state index contributed by atoms with van der Waals surface area (Å²) in [7, 11) is 0. The standard InChI is InChI=1S/C13H24F2O2S/c1-3-5-6-8-11(7-4-2)13(16)17-18-10-9-12(14)15/h11-12H,3-10H2,1-2H3. The van der Waals surface area contributed by atoms with Crippen molar-refractivity contribution in [3.8, 4) is 0 Å². The maximum absolute atomic E-state index is 11.9. The summed E-state index contributed by atoms with van der Waals surface area (Å²) in [4.78, 5) is 11.7. The van der Waals surface area contributed by atoms with Crippen molar-refractivity contribution < 1.29 is 17.8 Å². The smallest absolute Gasteiger partial charge is 0.320 e. The van der Waals surface area contributed by atoms with Crippen LogP contribution in [0.25, 0.3) is 0 Å². The van der Waals surface area contributed by atoms with Crippen LogP contribution in [0, 0.1) is 5.92 Å². The molecule has 0 aliphatic rings. The van der Waals surface area contributed by atoms with Crippen LogP contribution in [0.5, 0.6) is 0 Å². The second-order valence-corrected chi connectivity index (χ2v) is 5.20. The Morgan fingerprint density at radius 3 is 2.39 bits per heavy atom. The third-order valence-corrected chi connectivity index (χ3v) is 3.37. The van der Waals surface area contributed by atoms with Gasteiger partial charge in [0.05, 0.1) is 18.0 Å². The van der Waals surface area contributed by atoms with Gasteiger partial charge in [-0.2, -0.15) is 0 Å². The summed E-state index contributed by atoms with van der Waals surface area (Å²) in [6.07, 6.45) is 3.31. The topological polar surface area (TPSA) is 26.3 Å². The van der Waals surface area contributed by atoms with Crippen LogP contribution in [-0.4, -0.2) is 18.1 Å². The van der Waals surface area contributed by atoms with Crippen molar-refractivity contribution in [2.45, 2.75) is 65.2 Å². The SMILES string of the molecule is CCCCCC(CCC)C(=O)OSCCC(F)F. The average molecular weight is 282 g/mol. The van der Waals surface area contributed by atoms with Gasteiger partial charge in [-0.3, -0.25) is 4.79 Å². The minimum absolute atomic E-state index is 0.0689. The molecule has 0 rings (SSSR count). The number of unbranched alkanes of at least 4 members (excludes halogenated alkanes) is 2. The Bertz CT molecular complexity index is 213. The first-order valence-electron chi connectivity index (χ1n) is 6.73. The molecule has 0 amide bonds. The highest BCUT2D eigenvalue weighted by Gasteiger charge is 2.19. The molecule has 1 unspecified atom stereocenters. The van der Waals surface area contributed by atoms with Gasteiger partial charge in [0.2, 0.25) is 6.43 Å². The molecule has 18 heavy (non-hydrogen) atoms. The van der Waals surface area contributed by atoms with Crippen molar-refractivity contribution >= 4 is 18.0 Å². The molecule has 0 heterocycles. The number of halogens is 2. The zero-order valence-corrected chi connectivity index (χ0v) is 12.1. The van der Waals surface area contributed by atoms with Gasteiger partial charge in [0.1, 0.15) is 0 Å². The van der Waals surface area contributed by atoms with E-state index >= 15 is 0 Å². The van der Waals surface area contributed by atoms with E-state index in [4.69, 9.17) is 4.18 Å². The first kappa shape index (κ1) is 17.7. The number of hydrogen-bond acceptors (Lipinski definition) is 3. The van der Waals surface area contributed by atoms with E-state index in [0.717, 1.165) is 50.6 Å². The number of alkyl halides is 2. The summed E-state index contributed by atoms with van der Waals surface area (Å²) in [5.41, 5.74) is 0. The zero-order valence-electron chi connectivity index (χ0n) is 11.3. The molecule has 0 aromatic carbocycles. The summed E-state index contributed by atoms with van der Waals surface area (Å²) in [5, 5.41) is 0. The fourth-order valence-electron chi connectivity index (χ4n) is 1.67. The lowest BCUT2D eigenvalue weighted by molar-refractivity contribution is -0.138. The Hall–Kier alpha value is -0.320. The predicted molar refractivity (Wildman–Crippen MR) is 71.7 cm³/mol. The van der Waals surface area contributed by atoms with Gasteiger partial charge < -0.3 is 4.18 Å². The Labute approximate surface area is 113 Å².